The van der Waals surface area contributed by atoms with Crippen molar-refractivity contribution in [3.05, 3.63) is 22.2 Å². The highest BCUT2D eigenvalue weighted by molar-refractivity contribution is 9.10. The van der Waals surface area contributed by atoms with Crippen LogP contribution in [0.15, 0.2) is 16.6 Å². The molecular weight excluding hydrogens is 304 g/mol. The standard InChI is InChI=1S/C10H11BrF4N2/c1-5-2-8(6(11)3-7(5)16)17-4-10(14,15)9(12)13/h2-3,9,17H,4,16H2,1H3. The van der Waals surface area contributed by atoms with Gasteiger partial charge in [0.15, 0.2) is 0 Å². The summed E-state index contributed by atoms with van der Waals surface area (Å²) in [5, 5.41) is 2.27. The van der Waals surface area contributed by atoms with E-state index in [-0.39, 0.29) is 0 Å². The molecule has 0 saturated heterocycles. The molecule has 0 amide bonds. The summed E-state index contributed by atoms with van der Waals surface area (Å²) in [7, 11) is 0. The zero-order valence-corrected chi connectivity index (χ0v) is 10.5. The van der Waals surface area contributed by atoms with Crippen LogP contribution in [0.1, 0.15) is 5.56 Å². The summed E-state index contributed by atoms with van der Waals surface area (Å²) in [6.07, 6.45) is -3.69. The minimum atomic E-state index is -4.06. The van der Waals surface area contributed by atoms with Crippen LogP contribution >= 0.6 is 15.9 Å². The van der Waals surface area contributed by atoms with Gasteiger partial charge in [-0.1, -0.05) is 0 Å². The molecule has 0 fully saturated rings. The summed E-state index contributed by atoms with van der Waals surface area (Å²) < 4.78 is 49.7. The monoisotopic (exact) mass is 314 g/mol. The summed E-state index contributed by atoms with van der Waals surface area (Å²) >= 11 is 3.11. The molecule has 0 heterocycles. The summed E-state index contributed by atoms with van der Waals surface area (Å²) in [5.74, 6) is -4.06. The van der Waals surface area contributed by atoms with Crippen LogP contribution in [0.4, 0.5) is 28.9 Å². The summed E-state index contributed by atoms with van der Waals surface area (Å²) in [4.78, 5) is 0. The lowest BCUT2D eigenvalue weighted by atomic mass is 10.2. The Balaban J connectivity index is 2.80. The van der Waals surface area contributed by atoms with Gasteiger partial charge in [0.25, 0.3) is 0 Å². The molecule has 1 aromatic carbocycles. The first-order valence-corrected chi connectivity index (χ1v) is 5.49. The largest absolute Gasteiger partial charge is 0.398 e. The minimum Gasteiger partial charge on any atom is -0.398 e. The molecule has 0 spiro atoms. The number of aryl methyl sites for hydroxylation is 1. The fraction of sp³-hybridized carbons (Fsp3) is 0.400. The van der Waals surface area contributed by atoms with E-state index in [1.54, 1.807) is 6.92 Å². The van der Waals surface area contributed by atoms with Crippen LogP contribution in [0.25, 0.3) is 0 Å². The summed E-state index contributed by atoms with van der Waals surface area (Å²) in [5.41, 5.74) is 7.06. The lowest BCUT2D eigenvalue weighted by Crippen LogP contribution is -2.34. The Morgan fingerprint density at radius 2 is 2.00 bits per heavy atom. The maximum atomic E-state index is 12.7. The third kappa shape index (κ3) is 3.49. The van der Waals surface area contributed by atoms with Gasteiger partial charge in [0.05, 0.1) is 6.54 Å². The molecule has 0 aliphatic carbocycles. The number of halogens is 5. The summed E-state index contributed by atoms with van der Waals surface area (Å²) in [6, 6.07) is 3.04. The summed E-state index contributed by atoms with van der Waals surface area (Å²) in [6.45, 7) is 0.560. The molecule has 3 N–H and O–H groups in total. The molecule has 96 valence electrons. The van der Waals surface area contributed by atoms with Crippen LogP contribution in [0.2, 0.25) is 0 Å². The molecule has 0 radical (unpaired) electrons. The average Bonchev–Trinajstić information content (AvgIpc) is 2.21. The van der Waals surface area contributed by atoms with E-state index in [1.807, 2.05) is 0 Å². The van der Waals surface area contributed by atoms with Crippen LogP contribution in [0.5, 0.6) is 0 Å². The van der Waals surface area contributed by atoms with E-state index in [0.29, 0.717) is 21.4 Å². The van der Waals surface area contributed by atoms with E-state index in [9.17, 15) is 17.6 Å². The van der Waals surface area contributed by atoms with Gasteiger partial charge in [-0.05, 0) is 40.5 Å². The molecule has 7 heteroatoms. The number of nitrogens with one attached hydrogen (secondary N) is 1. The predicted molar refractivity (Wildman–Crippen MR) is 62.7 cm³/mol. The Labute approximate surface area is 104 Å². The van der Waals surface area contributed by atoms with Gasteiger partial charge in [-0.3, -0.25) is 0 Å². The smallest absolute Gasteiger partial charge is 0.324 e. The molecule has 0 saturated carbocycles. The molecule has 2 nitrogen and oxygen atoms in total. The number of benzene rings is 1. The van der Waals surface area contributed by atoms with Crippen molar-refractivity contribution < 1.29 is 17.6 Å². The Morgan fingerprint density at radius 3 is 2.53 bits per heavy atom. The maximum absolute atomic E-state index is 12.7. The third-order valence-corrected chi connectivity index (χ3v) is 2.85. The quantitative estimate of drug-likeness (QED) is 0.657. The molecule has 1 aromatic rings. The van der Waals surface area contributed by atoms with E-state index in [4.69, 9.17) is 5.73 Å². The van der Waals surface area contributed by atoms with Crippen LogP contribution < -0.4 is 11.1 Å². The van der Waals surface area contributed by atoms with Gasteiger partial charge in [0.1, 0.15) is 0 Å². The Bertz CT molecular complexity index is 410. The fourth-order valence-electron chi connectivity index (χ4n) is 1.12. The second-order valence-electron chi connectivity index (χ2n) is 3.60. The fourth-order valence-corrected chi connectivity index (χ4v) is 1.62. The van der Waals surface area contributed by atoms with Crippen molar-refractivity contribution in [2.24, 2.45) is 0 Å². The van der Waals surface area contributed by atoms with Gasteiger partial charge in [0, 0.05) is 15.8 Å². The van der Waals surface area contributed by atoms with Crippen molar-refractivity contribution in [1.82, 2.24) is 0 Å². The Kier molecular flexibility index (Phi) is 4.24. The number of hydrogen-bond acceptors (Lipinski definition) is 2. The Hall–Kier alpha value is -0.980. The average molecular weight is 315 g/mol. The first-order chi connectivity index (χ1) is 7.74. The molecule has 0 unspecified atom stereocenters. The third-order valence-electron chi connectivity index (χ3n) is 2.19. The molecule has 0 aromatic heterocycles. The van der Waals surface area contributed by atoms with Gasteiger partial charge >= 0.3 is 12.3 Å². The van der Waals surface area contributed by atoms with Crippen LogP contribution in [-0.2, 0) is 0 Å². The molecular formula is C10H11BrF4N2. The zero-order valence-electron chi connectivity index (χ0n) is 8.91. The van der Waals surface area contributed by atoms with E-state index in [2.05, 4.69) is 21.2 Å². The topological polar surface area (TPSA) is 38.0 Å². The molecule has 0 aliphatic heterocycles. The highest BCUT2D eigenvalue weighted by atomic mass is 79.9. The van der Waals surface area contributed by atoms with Crippen molar-refractivity contribution in [2.45, 2.75) is 19.3 Å². The molecule has 0 aliphatic rings. The number of anilines is 2. The second kappa shape index (κ2) is 5.12. The highest BCUT2D eigenvalue weighted by Gasteiger charge is 2.40. The predicted octanol–water partition coefficient (Wildman–Crippen LogP) is 3.65. The van der Waals surface area contributed by atoms with E-state index in [0.717, 1.165) is 0 Å². The van der Waals surface area contributed by atoms with Crippen molar-refractivity contribution in [3.8, 4) is 0 Å². The maximum Gasteiger partial charge on any atom is 0.324 e. The van der Waals surface area contributed by atoms with E-state index in [1.165, 1.54) is 12.1 Å². The Morgan fingerprint density at radius 1 is 1.41 bits per heavy atom. The van der Waals surface area contributed by atoms with Crippen LogP contribution in [-0.4, -0.2) is 18.9 Å². The van der Waals surface area contributed by atoms with Gasteiger partial charge in [0.2, 0.25) is 0 Å². The number of hydrogen-bond donors (Lipinski definition) is 2. The van der Waals surface area contributed by atoms with Gasteiger partial charge < -0.3 is 11.1 Å². The van der Waals surface area contributed by atoms with Gasteiger partial charge in [-0.25, -0.2) is 8.78 Å². The first kappa shape index (κ1) is 14.1. The van der Waals surface area contributed by atoms with Crippen molar-refractivity contribution in [3.63, 3.8) is 0 Å². The van der Waals surface area contributed by atoms with Crippen molar-refractivity contribution >= 4 is 27.3 Å². The van der Waals surface area contributed by atoms with Crippen LogP contribution in [0, 0.1) is 6.92 Å². The van der Waals surface area contributed by atoms with Gasteiger partial charge in [-0.15, -0.1) is 0 Å². The number of rotatable bonds is 4. The van der Waals surface area contributed by atoms with Crippen molar-refractivity contribution in [2.75, 3.05) is 17.6 Å². The number of nitrogens with two attached hydrogens (primary N) is 1. The molecule has 0 atom stereocenters. The molecule has 17 heavy (non-hydrogen) atoms. The molecule has 0 bridgehead atoms. The van der Waals surface area contributed by atoms with Gasteiger partial charge in [-0.2, -0.15) is 8.78 Å². The van der Waals surface area contributed by atoms with E-state index < -0.39 is 18.9 Å². The lowest BCUT2D eigenvalue weighted by molar-refractivity contribution is -0.117. The zero-order chi connectivity index (χ0) is 13.2. The second-order valence-corrected chi connectivity index (χ2v) is 4.46. The number of nitrogen functional groups attached to an aromatic ring is 1. The number of alkyl halides is 4. The lowest BCUT2D eigenvalue weighted by Gasteiger charge is -2.18. The van der Waals surface area contributed by atoms with E-state index >= 15 is 0 Å². The van der Waals surface area contributed by atoms with Crippen molar-refractivity contribution in [1.29, 1.82) is 0 Å². The minimum absolute atomic E-state index is 0.303. The highest BCUT2D eigenvalue weighted by Crippen LogP contribution is 2.29. The molecule has 1 rings (SSSR count). The first-order valence-electron chi connectivity index (χ1n) is 4.69. The normalized spacial score (nSPS) is 11.9. The SMILES string of the molecule is Cc1cc(NCC(F)(F)C(F)F)c(Br)cc1N. The van der Waals surface area contributed by atoms with Crippen LogP contribution in [0.3, 0.4) is 0 Å².